The molecule has 0 aromatic heterocycles. The number of carbonyl (C=O) groups excluding carboxylic acids is 1. The Kier molecular flexibility index (Phi) is 7.98. The third-order valence-electron chi connectivity index (χ3n) is 4.51. The summed E-state index contributed by atoms with van der Waals surface area (Å²) in [7, 11) is 1.41. The Labute approximate surface area is 141 Å². The van der Waals surface area contributed by atoms with Crippen molar-refractivity contribution >= 4 is 5.97 Å². The van der Waals surface area contributed by atoms with E-state index in [9.17, 15) is 4.79 Å². The highest BCUT2D eigenvalue weighted by Gasteiger charge is 2.43. The molecular formula is C18H35NO4. The average Bonchev–Trinajstić information content (AvgIpc) is 2.47. The Hall–Kier alpha value is -0.650. The van der Waals surface area contributed by atoms with Gasteiger partial charge in [-0.15, -0.1) is 0 Å². The largest absolute Gasteiger partial charge is 0.469 e. The Bertz CT molecular complexity index is 352. The smallest absolute Gasteiger partial charge is 0.305 e. The standard InChI is InChI=1S/C18H35NO4/c1-7-8-14-22-16(11-10-15(20)21-6)23-19-17(2,3)12-9-13-18(19,4)5/h16H,7-14H2,1-6H3. The second-order valence-electron chi connectivity index (χ2n) is 7.65. The van der Waals surface area contributed by atoms with E-state index in [0.717, 1.165) is 25.7 Å². The molecule has 0 radical (unpaired) electrons. The van der Waals surface area contributed by atoms with Crippen molar-refractivity contribution in [1.82, 2.24) is 5.06 Å². The van der Waals surface area contributed by atoms with Gasteiger partial charge in [0.2, 0.25) is 0 Å². The maximum absolute atomic E-state index is 11.4. The Balaban J connectivity index is 2.73. The van der Waals surface area contributed by atoms with Gasteiger partial charge in [-0.3, -0.25) is 9.63 Å². The van der Waals surface area contributed by atoms with Crippen LogP contribution in [0.25, 0.3) is 0 Å². The van der Waals surface area contributed by atoms with Crippen molar-refractivity contribution in [3.8, 4) is 0 Å². The fraction of sp³-hybridized carbons (Fsp3) is 0.944. The molecule has 5 heteroatoms. The number of hydroxylamine groups is 2. The molecule has 5 nitrogen and oxygen atoms in total. The average molecular weight is 329 g/mol. The first-order chi connectivity index (χ1) is 10.7. The van der Waals surface area contributed by atoms with E-state index in [0.29, 0.717) is 19.4 Å². The lowest BCUT2D eigenvalue weighted by atomic mass is 9.82. The van der Waals surface area contributed by atoms with Crippen molar-refractivity contribution in [1.29, 1.82) is 0 Å². The predicted octanol–water partition coefficient (Wildman–Crippen LogP) is 4.06. The number of esters is 1. The number of methoxy groups -OCH3 is 1. The second-order valence-corrected chi connectivity index (χ2v) is 7.65. The van der Waals surface area contributed by atoms with E-state index in [2.05, 4.69) is 39.7 Å². The summed E-state index contributed by atoms with van der Waals surface area (Å²) < 4.78 is 10.6. The second kappa shape index (κ2) is 9.00. The summed E-state index contributed by atoms with van der Waals surface area (Å²) in [6.07, 6.45) is 5.86. The molecule has 1 aliphatic rings. The van der Waals surface area contributed by atoms with Gasteiger partial charge in [-0.1, -0.05) is 13.3 Å². The van der Waals surface area contributed by atoms with Gasteiger partial charge in [0.05, 0.1) is 13.5 Å². The van der Waals surface area contributed by atoms with E-state index < -0.39 is 6.29 Å². The van der Waals surface area contributed by atoms with Crippen molar-refractivity contribution in [3.63, 3.8) is 0 Å². The van der Waals surface area contributed by atoms with Crippen LogP contribution in [-0.2, 0) is 19.1 Å². The van der Waals surface area contributed by atoms with Crippen LogP contribution in [0.2, 0.25) is 0 Å². The topological polar surface area (TPSA) is 48.0 Å². The van der Waals surface area contributed by atoms with Gasteiger partial charge in [-0.05, 0) is 53.4 Å². The van der Waals surface area contributed by atoms with Crippen LogP contribution in [-0.4, -0.2) is 42.1 Å². The van der Waals surface area contributed by atoms with Crippen molar-refractivity contribution in [2.24, 2.45) is 0 Å². The highest BCUT2D eigenvalue weighted by Crippen LogP contribution is 2.39. The number of piperidine rings is 1. The van der Waals surface area contributed by atoms with Crippen LogP contribution < -0.4 is 0 Å². The van der Waals surface area contributed by atoms with Crippen molar-refractivity contribution in [3.05, 3.63) is 0 Å². The summed E-state index contributed by atoms with van der Waals surface area (Å²) in [5, 5.41) is 2.09. The van der Waals surface area contributed by atoms with Gasteiger partial charge in [0.25, 0.3) is 0 Å². The molecule has 0 amide bonds. The summed E-state index contributed by atoms with van der Waals surface area (Å²) >= 11 is 0. The normalized spacial score (nSPS) is 21.8. The molecule has 0 N–H and O–H groups in total. The first-order valence-electron chi connectivity index (χ1n) is 8.88. The van der Waals surface area contributed by atoms with Crippen molar-refractivity contribution in [2.45, 2.75) is 96.9 Å². The molecule has 0 bridgehead atoms. The molecule has 136 valence electrons. The van der Waals surface area contributed by atoms with Crippen LogP contribution in [0.15, 0.2) is 0 Å². The van der Waals surface area contributed by atoms with Gasteiger partial charge < -0.3 is 9.47 Å². The lowest BCUT2D eigenvalue weighted by molar-refractivity contribution is -0.354. The molecule has 1 fully saturated rings. The number of nitrogens with zero attached hydrogens (tertiary/aromatic N) is 1. The van der Waals surface area contributed by atoms with Crippen LogP contribution in [0.3, 0.4) is 0 Å². The van der Waals surface area contributed by atoms with Crippen LogP contribution in [0.4, 0.5) is 0 Å². The lowest BCUT2D eigenvalue weighted by Gasteiger charge is -2.52. The van der Waals surface area contributed by atoms with Gasteiger partial charge in [-0.25, -0.2) is 0 Å². The van der Waals surface area contributed by atoms with Gasteiger partial charge in [0.1, 0.15) is 0 Å². The summed E-state index contributed by atoms with van der Waals surface area (Å²) in [5.41, 5.74) is -0.0846. The minimum absolute atomic E-state index is 0.0423. The Morgan fingerprint density at radius 2 is 1.78 bits per heavy atom. The number of carbonyl (C=O) groups is 1. The van der Waals surface area contributed by atoms with Gasteiger partial charge >= 0.3 is 5.97 Å². The highest BCUT2D eigenvalue weighted by atomic mass is 16.8. The number of unbranched alkanes of at least 4 members (excludes halogenated alkanes) is 1. The Morgan fingerprint density at radius 3 is 2.30 bits per heavy atom. The zero-order valence-corrected chi connectivity index (χ0v) is 15.8. The van der Waals surface area contributed by atoms with Crippen LogP contribution >= 0.6 is 0 Å². The summed E-state index contributed by atoms with van der Waals surface area (Å²) in [5.74, 6) is -0.227. The molecule has 1 saturated heterocycles. The fourth-order valence-electron chi connectivity index (χ4n) is 3.24. The van der Waals surface area contributed by atoms with Crippen LogP contribution in [0, 0.1) is 0 Å². The van der Waals surface area contributed by atoms with E-state index in [1.807, 2.05) is 0 Å². The quantitative estimate of drug-likeness (QED) is 0.363. The van der Waals surface area contributed by atoms with E-state index in [-0.39, 0.29) is 17.0 Å². The number of hydrogen-bond acceptors (Lipinski definition) is 5. The molecular weight excluding hydrogens is 294 g/mol. The molecule has 1 unspecified atom stereocenters. The minimum Gasteiger partial charge on any atom is -0.469 e. The van der Waals surface area contributed by atoms with E-state index in [1.54, 1.807) is 0 Å². The zero-order valence-electron chi connectivity index (χ0n) is 15.8. The van der Waals surface area contributed by atoms with Gasteiger partial charge in [0.15, 0.2) is 6.29 Å². The molecule has 1 rings (SSSR count). The van der Waals surface area contributed by atoms with Gasteiger partial charge in [0, 0.05) is 24.1 Å². The summed E-state index contributed by atoms with van der Waals surface area (Å²) in [4.78, 5) is 17.7. The van der Waals surface area contributed by atoms with Crippen molar-refractivity contribution in [2.75, 3.05) is 13.7 Å². The molecule has 0 aliphatic carbocycles. The van der Waals surface area contributed by atoms with E-state index in [1.165, 1.54) is 13.5 Å². The molecule has 1 atom stereocenters. The number of rotatable bonds is 9. The third-order valence-corrected chi connectivity index (χ3v) is 4.51. The SMILES string of the molecule is CCCCOC(CCC(=O)OC)ON1C(C)(C)CCCC1(C)C. The molecule has 1 heterocycles. The van der Waals surface area contributed by atoms with E-state index in [4.69, 9.17) is 14.3 Å². The zero-order chi connectivity index (χ0) is 17.5. The third kappa shape index (κ3) is 6.40. The molecule has 0 saturated carbocycles. The molecule has 1 aliphatic heterocycles. The minimum atomic E-state index is -0.405. The number of hydrogen-bond donors (Lipinski definition) is 0. The van der Waals surface area contributed by atoms with Gasteiger partial charge in [-0.2, -0.15) is 5.06 Å². The summed E-state index contributed by atoms with van der Waals surface area (Å²) in [6, 6.07) is 0. The lowest BCUT2D eigenvalue weighted by Crippen LogP contribution is -2.59. The fourth-order valence-corrected chi connectivity index (χ4v) is 3.24. The van der Waals surface area contributed by atoms with Crippen molar-refractivity contribution < 1.29 is 19.1 Å². The first-order valence-corrected chi connectivity index (χ1v) is 8.88. The summed E-state index contributed by atoms with van der Waals surface area (Å²) in [6.45, 7) is 11.6. The molecule has 0 spiro atoms. The highest BCUT2D eigenvalue weighted by molar-refractivity contribution is 5.69. The van der Waals surface area contributed by atoms with Crippen LogP contribution in [0.5, 0.6) is 0 Å². The monoisotopic (exact) mass is 329 g/mol. The first kappa shape index (κ1) is 20.4. The predicted molar refractivity (Wildman–Crippen MR) is 90.8 cm³/mol. The Morgan fingerprint density at radius 1 is 1.17 bits per heavy atom. The maximum atomic E-state index is 11.4. The number of ether oxygens (including phenoxy) is 2. The van der Waals surface area contributed by atoms with Crippen LogP contribution in [0.1, 0.15) is 79.6 Å². The molecule has 0 aromatic carbocycles. The maximum Gasteiger partial charge on any atom is 0.305 e. The molecule has 0 aromatic rings. The van der Waals surface area contributed by atoms with E-state index >= 15 is 0 Å². The molecule has 23 heavy (non-hydrogen) atoms.